The summed E-state index contributed by atoms with van der Waals surface area (Å²) in [5.74, 6) is 0.0555. The summed E-state index contributed by atoms with van der Waals surface area (Å²) >= 11 is 0. The van der Waals surface area contributed by atoms with Gasteiger partial charge in [0.25, 0.3) is 5.91 Å². The van der Waals surface area contributed by atoms with E-state index in [2.05, 4.69) is 10.3 Å². The number of carbonyl (C=O) groups excluding carboxylic acids is 1. The third-order valence-electron chi connectivity index (χ3n) is 2.64. The monoisotopic (exact) mass is 262 g/mol. The molecular weight excluding hydrogens is 244 g/mol. The highest BCUT2D eigenvalue weighted by Gasteiger charge is 2.17. The average molecular weight is 262 g/mol. The largest absolute Gasteiger partial charge is 0.512 e. The molecule has 0 saturated heterocycles. The quantitative estimate of drug-likeness (QED) is 0.497. The number of aliphatic hydroxyl groups excluding tert-OH is 1. The van der Waals surface area contributed by atoms with Crippen molar-refractivity contribution in [2.45, 2.75) is 13.8 Å². The van der Waals surface area contributed by atoms with Crippen LogP contribution in [0.15, 0.2) is 40.6 Å². The Morgan fingerprint density at radius 3 is 2.47 bits per heavy atom. The van der Waals surface area contributed by atoms with Crippen LogP contribution in [0.4, 0.5) is 5.69 Å². The highest BCUT2D eigenvalue weighted by molar-refractivity contribution is 6.25. The van der Waals surface area contributed by atoms with Crippen LogP contribution in [0.25, 0.3) is 0 Å². The first-order valence-corrected chi connectivity index (χ1v) is 5.79. The van der Waals surface area contributed by atoms with Crippen molar-refractivity contribution in [1.29, 1.82) is 0 Å². The minimum absolute atomic E-state index is 0.0736. The van der Waals surface area contributed by atoms with Gasteiger partial charge in [-0.05, 0) is 26.0 Å². The number of hydrogen-bond acceptors (Lipinski definition) is 4. The van der Waals surface area contributed by atoms with E-state index >= 15 is 0 Å². The Bertz CT molecular complexity index is 529. The molecule has 1 aromatic rings. The Kier molecular flexibility index (Phi) is 5.11. The Morgan fingerprint density at radius 2 is 1.95 bits per heavy atom. The number of methoxy groups -OCH3 is 1. The molecule has 1 rings (SSSR count). The van der Waals surface area contributed by atoms with Crippen molar-refractivity contribution in [2.75, 3.05) is 19.5 Å². The van der Waals surface area contributed by atoms with E-state index in [1.165, 1.54) is 14.0 Å². The summed E-state index contributed by atoms with van der Waals surface area (Å²) in [6, 6.07) is 7.06. The fourth-order valence-corrected chi connectivity index (χ4v) is 1.63. The van der Waals surface area contributed by atoms with Gasteiger partial charge in [0.15, 0.2) is 0 Å². The smallest absolute Gasteiger partial charge is 0.260 e. The van der Waals surface area contributed by atoms with E-state index in [0.717, 1.165) is 0 Å². The number of aliphatic imine (C=N–C) groups is 1. The van der Waals surface area contributed by atoms with Crippen molar-refractivity contribution in [2.24, 2.45) is 4.99 Å². The predicted molar refractivity (Wildman–Crippen MR) is 76.0 cm³/mol. The maximum absolute atomic E-state index is 12.2. The summed E-state index contributed by atoms with van der Waals surface area (Å²) in [6.07, 6.45) is 0. The number of anilines is 1. The number of aliphatic hydroxyl groups is 1. The van der Waals surface area contributed by atoms with E-state index in [0.29, 0.717) is 17.1 Å². The number of benzene rings is 1. The summed E-state index contributed by atoms with van der Waals surface area (Å²) in [5.41, 5.74) is 1.17. The highest BCUT2D eigenvalue weighted by Crippen LogP contribution is 2.23. The molecule has 0 aliphatic carbocycles. The number of nitrogens with one attached hydrogen (secondary N) is 1. The highest BCUT2D eigenvalue weighted by atomic mass is 16.5. The summed E-state index contributed by atoms with van der Waals surface area (Å²) in [7, 11) is 3.09. The van der Waals surface area contributed by atoms with Gasteiger partial charge in [0, 0.05) is 12.8 Å². The lowest BCUT2D eigenvalue weighted by Crippen LogP contribution is -2.21. The molecule has 0 saturated carbocycles. The molecule has 2 N–H and O–H groups in total. The fraction of sp³-hybridized carbons (Fsp3) is 0.286. The van der Waals surface area contributed by atoms with Crippen LogP contribution in [0.1, 0.15) is 13.8 Å². The molecule has 0 atom stereocenters. The first kappa shape index (κ1) is 14.8. The Hall–Kier alpha value is -2.30. The van der Waals surface area contributed by atoms with Gasteiger partial charge in [-0.1, -0.05) is 12.1 Å². The van der Waals surface area contributed by atoms with Gasteiger partial charge in [0.1, 0.15) is 11.5 Å². The van der Waals surface area contributed by atoms with E-state index in [-0.39, 0.29) is 11.3 Å². The van der Waals surface area contributed by atoms with Gasteiger partial charge in [-0.2, -0.15) is 0 Å². The number of rotatable bonds is 4. The van der Waals surface area contributed by atoms with E-state index in [4.69, 9.17) is 4.74 Å². The van der Waals surface area contributed by atoms with Crippen LogP contribution in [0.2, 0.25) is 0 Å². The van der Waals surface area contributed by atoms with Gasteiger partial charge in [0.05, 0.1) is 18.4 Å². The average Bonchev–Trinajstić information content (AvgIpc) is 2.38. The topological polar surface area (TPSA) is 70.9 Å². The van der Waals surface area contributed by atoms with Crippen LogP contribution in [0.5, 0.6) is 5.75 Å². The van der Waals surface area contributed by atoms with E-state index in [1.54, 1.807) is 38.2 Å². The van der Waals surface area contributed by atoms with Crippen LogP contribution in [-0.4, -0.2) is 30.9 Å². The zero-order valence-electron chi connectivity index (χ0n) is 11.5. The molecule has 0 radical (unpaired) electrons. The molecule has 0 spiro atoms. The minimum atomic E-state index is -0.424. The molecular formula is C14H18N2O3. The van der Waals surface area contributed by atoms with E-state index in [1.807, 2.05) is 0 Å². The summed E-state index contributed by atoms with van der Waals surface area (Å²) < 4.78 is 5.15. The van der Waals surface area contributed by atoms with Gasteiger partial charge in [-0.25, -0.2) is 0 Å². The van der Waals surface area contributed by atoms with E-state index in [9.17, 15) is 9.90 Å². The number of hydrogen-bond donors (Lipinski definition) is 2. The van der Waals surface area contributed by atoms with Gasteiger partial charge in [0.2, 0.25) is 0 Å². The lowest BCUT2D eigenvalue weighted by molar-refractivity contribution is -0.112. The SMILES string of the molecule is CN=C(C)/C(C(=O)Nc1ccccc1OC)=C(\C)O. The zero-order valence-corrected chi connectivity index (χ0v) is 11.5. The molecule has 0 aliphatic heterocycles. The van der Waals surface area contributed by atoms with Crippen LogP contribution >= 0.6 is 0 Å². The molecule has 102 valence electrons. The normalized spacial score (nSPS) is 12.7. The second-order valence-corrected chi connectivity index (χ2v) is 3.92. The number of carbonyl (C=O) groups is 1. The second kappa shape index (κ2) is 6.58. The summed E-state index contributed by atoms with van der Waals surface area (Å²) in [5, 5.41) is 12.3. The molecule has 19 heavy (non-hydrogen) atoms. The van der Waals surface area contributed by atoms with Crippen molar-refractivity contribution < 1.29 is 14.6 Å². The molecule has 0 bridgehead atoms. The molecule has 1 amide bonds. The standard InChI is InChI=1S/C14H18N2O3/c1-9(15-3)13(10(2)17)14(18)16-11-7-5-6-8-12(11)19-4/h5-8,17H,1-4H3,(H,16,18)/b13-10-,15-9?. The number of para-hydroxylation sites is 2. The third-order valence-corrected chi connectivity index (χ3v) is 2.64. The fourth-order valence-electron chi connectivity index (χ4n) is 1.63. The zero-order chi connectivity index (χ0) is 14.4. The number of allylic oxidation sites excluding steroid dienone is 1. The number of ether oxygens (including phenoxy) is 1. The van der Waals surface area contributed by atoms with Crippen molar-refractivity contribution in [3.8, 4) is 5.75 Å². The molecule has 0 fully saturated rings. The van der Waals surface area contributed by atoms with E-state index < -0.39 is 5.91 Å². The molecule has 0 aromatic heterocycles. The molecule has 0 heterocycles. The number of amides is 1. The maximum atomic E-state index is 12.2. The molecule has 5 nitrogen and oxygen atoms in total. The molecule has 0 aliphatic rings. The van der Waals surface area contributed by atoms with Crippen LogP contribution in [0, 0.1) is 0 Å². The van der Waals surface area contributed by atoms with Crippen molar-refractivity contribution >= 4 is 17.3 Å². The van der Waals surface area contributed by atoms with Crippen LogP contribution in [0.3, 0.4) is 0 Å². The molecule has 0 unspecified atom stereocenters. The van der Waals surface area contributed by atoms with Crippen molar-refractivity contribution in [3.63, 3.8) is 0 Å². The van der Waals surface area contributed by atoms with Gasteiger partial charge >= 0.3 is 0 Å². The third kappa shape index (κ3) is 3.58. The summed E-state index contributed by atoms with van der Waals surface area (Å²) in [4.78, 5) is 16.1. The molecule has 1 aromatic carbocycles. The van der Waals surface area contributed by atoms with Crippen molar-refractivity contribution in [1.82, 2.24) is 0 Å². The first-order chi connectivity index (χ1) is 9.01. The first-order valence-electron chi connectivity index (χ1n) is 5.79. The Morgan fingerprint density at radius 1 is 1.32 bits per heavy atom. The van der Waals surface area contributed by atoms with Crippen LogP contribution < -0.4 is 10.1 Å². The Labute approximate surface area is 112 Å². The maximum Gasteiger partial charge on any atom is 0.260 e. The Balaban J connectivity index is 3.05. The van der Waals surface area contributed by atoms with Gasteiger partial charge in [-0.3, -0.25) is 9.79 Å². The minimum Gasteiger partial charge on any atom is -0.512 e. The van der Waals surface area contributed by atoms with Crippen molar-refractivity contribution in [3.05, 3.63) is 35.6 Å². The second-order valence-electron chi connectivity index (χ2n) is 3.92. The van der Waals surface area contributed by atoms with Gasteiger partial charge in [-0.15, -0.1) is 0 Å². The lowest BCUT2D eigenvalue weighted by atomic mass is 10.1. The van der Waals surface area contributed by atoms with Crippen LogP contribution in [-0.2, 0) is 4.79 Å². The number of nitrogens with zero attached hydrogens (tertiary/aromatic N) is 1. The lowest BCUT2D eigenvalue weighted by Gasteiger charge is -2.12. The van der Waals surface area contributed by atoms with Gasteiger partial charge < -0.3 is 15.2 Å². The predicted octanol–water partition coefficient (Wildman–Crippen LogP) is 2.56. The summed E-state index contributed by atoms with van der Waals surface area (Å²) in [6.45, 7) is 3.11. The molecule has 5 heteroatoms.